The van der Waals surface area contributed by atoms with Gasteiger partial charge in [0.25, 0.3) is 0 Å². The van der Waals surface area contributed by atoms with Crippen molar-refractivity contribution < 1.29 is 15.0 Å². The molecule has 0 bridgehead atoms. The van der Waals surface area contributed by atoms with E-state index in [9.17, 15) is 4.79 Å². The van der Waals surface area contributed by atoms with Gasteiger partial charge in [0.1, 0.15) is 6.04 Å². The van der Waals surface area contributed by atoms with Crippen LogP contribution in [0.1, 0.15) is 33.1 Å². The van der Waals surface area contributed by atoms with E-state index >= 15 is 0 Å². The van der Waals surface area contributed by atoms with Crippen molar-refractivity contribution in [1.82, 2.24) is 5.32 Å². The smallest absolute Gasteiger partial charge is 0.320 e. The second kappa shape index (κ2) is 6.86. The summed E-state index contributed by atoms with van der Waals surface area (Å²) in [4.78, 5) is 10.7. The SMILES string of the molecule is CCC(CC)NC(CCO)C(=O)O. The molecule has 0 aromatic rings. The first-order valence-corrected chi connectivity index (χ1v) is 4.75. The summed E-state index contributed by atoms with van der Waals surface area (Å²) in [6.45, 7) is 3.93. The molecule has 0 radical (unpaired) electrons. The summed E-state index contributed by atoms with van der Waals surface area (Å²) >= 11 is 0. The Morgan fingerprint density at radius 1 is 1.38 bits per heavy atom. The molecule has 1 atom stereocenters. The van der Waals surface area contributed by atoms with Crippen molar-refractivity contribution in [2.24, 2.45) is 0 Å². The van der Waals surface area contributed by atoms with Crippen LogP contribution in [0.5, 0.6) is 0 Å². The maximum atomic E-state index is 10.7. The van der Waals surface area contributed by atoms with E-state index in [1.807, 2.05) is 13.8 Å². The van der Waals surface area contributed by atoms with E-state index < -0.39 is 12.0 Å². The topological polar surface area (TPSA) is 69.6 Å². The van der Waals surface area contributed by atoms with Crippen LogP contribution in [-0.4, -0.2) is 34.9 Å². The average Bonchev–Trinajstić information content (AvgIpc) is 2.11. The standard InChI is InChI=1S/C9H19NO3/c1-3-7(4-2)10-8(5-6-11)9(12)13/h7-8,10-11H,3-6H2,1-2H3,(H,12,13). The molecular formula is C9H19NO3. The number of nitrogens with one attached hydrogen (secondary N) is 1. The molecule has 1 unspecified atom stereocenters. The Morgan fingerprint density at radius 3 is 2.23 bits per heavy atom. The lowest BCUT2D eigenvalue weighted by molar-refractivity contribution is -0.140. The summed E-state index contributed by atoms with van der Waals surface area (Å²) in [6, 6.07) is -0.387. The molecule has 0 heterocycles. The van der Waals surface area contributed by atoms with Gasteiger partial charge in [-0.15, -0.1) is 0 Å². The highest BCUT2D eigenvalue weighted by Crippen LogP contribution is 2.01. The van der Waals surface area contributed by atoms with Crippen molar-refractivity contribution in [3.05, 3.63) is 0 Å². The maximum Gasteiger partial charge on any atom is 0.320 e. The first-order chi connectivity index (χ1) is 6.15. The number of aliphatic hydroxyl groups is 1. The first-order valence-electron chi connectivity index (χ1n) is 4.75. The van der Waals surface area contributed by atoms with Crippen LogP contribution in [0.25, 0.3) is 0 Å². The van der Waals surface area contributed by atoms with Crippen molar-refractivity contribution in [3.63, 3.8) is 0 Å². The molecular weight excluding hydrogens is 170 g/mol. The number of aliphatic hydroxyl groups excluding tert-OH is 1. The highest BCUT2D eigenvalue weighted by Gasteiger charge is 2.18. The van der Waals surface area contributed by atoms with Gasteiger partial charge in [0, 0.05) is 12.6 Å². The number of aliphatic carboxylic acids is 1. The van der Waals surface area contributed by atoms with E-state index in [4.69, 9.17) is 10.2 Å². The molecule has 4 heteroatoms. The summed E-state index contributed by atoms with van der Waals surface area (Å²) in [7, 11) is 0. The van der Waals surface area contributed by atoms with Crippen molar-refractivity contribution in [2.75, 3.05) is 6.61 Å². The van der Waals surface area contributed by atoms with Crippen molar-refractivity contribution >= 4 is 5.97 Å². The van der Waals surface area contributed by atoms with Crippen molar-refractivity contribution in [2.45, 2.75) is 45.2 Å². The van der Waals surface area contributed by atoms with Gasteiger partial charge in [-0.2, -0.15) is 0 Å². The molecule has 0 aromatic heterocycles. The van der Waals surface area contributed by atoms with Crippen molar-refractivity contribution in [1.29, 1.82) is 0 Å². The molecule has 0 rings (SSSR count). The lowest BCUT2D eigenvalue weighted by atomic mass is 10.1. The van der Waals surface area contributed by atoms with E-state index in [1.54, 1.807) is 0 Å². The molecule has 13 heavy (non-hydrogen) atoms. The zero-order chi connectivity index (χ0) is 10.3. The monoisotopic (exact) mass is 189 g/mol. The van der Waals surface area contributed by atoms with Crippen molar-refractivity contribution in [3.8, 4) is 0 Å². The molecule has 0 fully saturated rings. The number of carbonyl (C=O) groups is 1. The Labute approximate surface area is 79.0 Å². The second-order valence-electron chi connectivity index (χ2n) is 3.08. The van der Waals surface area contributed by atoms with Gasteiger partial charge in [0.2, 0.25) is 0 Å². The Hall–Kier alpha value is -0.610. The summed E-state index contributed by atoms with van der Waals surface area (Å²) in [5.41, 5.74) is 0. The minimum absolute atomic E-state index is 0.0931. The third-order valence-corrected chi connectivity index (χ3v) is 2.14. The van der Waals surface area contributed by atoms with Crippen LogP contribution in [0.15, 0.2) is 0 Å². The summed E-state index contributed by atoms with van der Waals surface area (Å²) in [5, 5.41) is 20.4. The maximum absolute atomic E-state index is 10.7. The molecule has 0 aliphatic rings. The predicted molar refractivity (Wildman–Crippen MR) is 50.6 cm³/mol. The minimum Gasteiger partial charge on any atom is -0.480 e. The molecule has 0 spiro atoms. The first kappa shape index (κ1) is 12.4. The molecule has 78 valence electrons. The Bertz CT molecular complexity index is 146. The Balaban J connectivity index is 3.99. The Kier molecular flexibility index (Phi) is 6.54. The number of hydrogen-bond acceptors (Lipinski definition) is 3. The molecule has 4 nitrogen and oxygen atoms in total. The largest absolute Gasteiger partial charge is 0.480 e. The Morgan fingerprint density at radius 2 is 1.92 bits per heavy atom. The van der Waals surface area contributed by atoms with Gasteiger partial charge in [0.05, 0.1) is 0 Å². The fourth-order valence-corrected chi connectivity index (χ4v) is 1.22. The number of hydrogen-bond donors (Lipinski definition) is 3. The summed E-state index contributed by atoms with van der Waals surface area (Å²) in [5.74, 6) is -0.888. The highest BCUT2D eigenvalue weighted by atomic mass is 16.4. The molecule has 0 aliphatic carbocycles. The second-order valence-corrected chi connectivity index (χ2v) is 3.08. The van der Waals surface area contributed by atoms with Gasteiger partial charge in [-0.05, 0) is 19.3 Å². The fourth-order valence-electron chi connectivity index (χ4n) is 1.22. The molecule has 0 aromatic carbocycles. The lowest BCUT2D eigenvalue weighted by Gasteiger charge is -2.20. The van der Waals surface area contributed by atoms with E-state index in [1.165, 1.54) is 0 Å². The van der Waals surface area contributed by atoms with Crippen LogP contribution in [0, 0.1) is 0 Å². The summed E-state index contributed by atoms with van der Waals surface area (Å²) < 4.78 is 0. The van der Waals surface area contributed by atoms with Crippen LogP contribution in [0.3, 0.4) is 0 Å². The summed E-state index contributed by atoms with van der Waals surface area (Å²) in [6.07, 6.45) is 2.09. The van der Waals surface area contributed by atoms with Gasteiger partial charge in [-0.3, -0.25) is 4.79 Å². The van der Waals surface area contributed by atoms with Gasteiger partial charge < -0.3 is 15.5 Å². The lowest BCUT2D eigenvalue weighted by Crippen LogP contribution is -2.43. The predicted octanol–water partition coefficient (Wildman–Crippen LogP) is 0.600. The number of carboxylic acids is 1. The molecule has 3 N–H and O–H groups in total. The van der Waals surface area contributed by atoms with E-state index in [0.29, 0.717) is 0 Å². The minimum atomic E-state index is -0.888. The van der Waals surface area contributed by atoms with E-state index in [-0.39, 0.29) is 19.1 Å². The zero-order valence-corrected chi connectivity index (χ0v) is 8.29. The van der Waals surface area contributed by atoms with Crippen LogP contribution < -0.4 is 5.32 Å². The molecule has 0 amide bonds. The van der Waals surface area contributed by atoms with Gasteiger partial charge in [0.15, 0.2) is 0 Å². The van der Waals surface area contributed by atoms with Crippen LogP contribution in [0.4, 0.5) is 0 Å². The fraction of sp³-hybridized carbons (Fsp3) is 0.889. The molecule has 0 saturated carbocycles. The normalized spacial score (nSPS) is 13.2. The third kappa shape index (κ3) is 4.85. The average molecular weight is 189 g/mol. The van der Waals surface area contributed by atoms with E-state index in [0.717, 1.165) is 12.8 Å². The van der Waals surface area contributed by atoms with Crippen LogP contribution >= 0.6 is 0 Å². The van der Waals surface area contributed by atoms with E-state index in [2.05, 4.69) is 5.32 Å². The highest BCUT2D eigenvalue weighted by molar-refractivity contribution is 5.73. The van der Waals surface area contributed by atoms with Gasteiger partial charge >= 0.3 is 5.97 Å². The molecule has 0 saturated heterocycles. The van der Waals surface area contributed by atoms with Gasteiger partial charge in [-0.25, -0.2) is 0 Å². The number of rotatable bonds is 7. The molecule has 0 aliphatic heterocycles. The number of carboxylic acid groups (broad SMARTS) is 1. The zero-order valence-electron chi connectivity index (χ0n) is 8.29. The van der Waals surface area contributed by atoms with Crippen LogP contribution in [-0.2, 0) is 4.79 Å². The third-order valence-electron chi connectivity index (χ3n) is 2.14. The van der Waals surface area contributed by atoms with Gasteiger partial charge in [-0.1, -0.05) is 13.8 Å². The van der Waals surface area contributed by atoms with Crippen LogP contribution in [0.2, 0.25) is 0 Å². The quantitative estimate of drug-likeness (QED) is 0.548.